The predicted octanol–water partition coefficient (Wildman–Crippen LogP) is 7.36. The van der Waals surface area contributed by atoms with Crippen molar-refractivity contribution in [2.75, 3.05) is 26.8 Å². The molecule has 1 aliphatic rings. The molecule has 7 heteroatoms. The summed E-state index contributed by atoms with van der Waals surface area (Å²) in [5.74, 6) is -0.558. The fraction of sp³-hybridized carbons (Fsp3) is 0.469. The first-order valence-corrected chi connectivity index (χ1v) is 16.8. The van der Waals surface area contributed by atoms with Gasteiger partial charge in [0, 0.05) is 48.4 Å². The number of hydrogen-bond donors (Lipinski definition) is 1. The topological polar surface area (TPSA) is 54.6 Å². The van der Waals surface area contributed by atoms with E-state index < -0.39 is 8.32 Å². The smallest absolute Gasteiger partial charge is 0.330 e. The molecule has 210 valence electrons. The van der Waals surface area contributed by atoms with Crippen molar-refractivity contribution in [2.45, 2.75) is 71.1 Å². The lowest BCUT2D eigenvalue weighted by atomic mass is 10.0. The van der Waals surface area contributed by atoms with E-state index in [2.05, 4.69) is 68.9 Å². The van der Waals surface area contributed by atoms with Crippen LogP contribution in [0, 0.1) is 12.7 Å². The van der Waals surface area contributed by atoms with Crippen molar-refractivity contribution in [1.29, 1.82) is 0 Å². The maximum atomic E-state index is 14.1. The molecule has 0 radical (unpaired) electrons. The largest absolute Gasteiger partial charge is 0.466 e. The molecule has 0 aliphatic heterocycles. The van der Waals surface area contributed by atoms with Gasteiger partial charge in [-0.25, -0.2) is 9.18 Å². The maximum Gasteiger partial charge on any atom is 0.330 e. The third-order valence-electron chi connectivity index (χ3n) is 8.65. The zero-order valence-electron chi connectivity index (χ0n) is 24.5. The summed E-state index contributed by atoms with van der Waals surface area (Å²) in [6.45, 7) is 15.9. The van der Waals surface area contributed by atoms with Gasteiger partial charge in [0.1, 0.15) is 5.82 Å². The van der Waals surface area contributed by atoms with Crippen molar-refractivity contribution in [2.24, 2.45) is 0 Å². The zero-order valence-corrected chi connectivity index (χ0v) is 25.5. The number of methoxy groups -OCH3 is 1. The van der Waals surface area contributed by atoms with Gasteiger partial charge in [-0.1, -0.05) is 39.0 Å². The Morgan fingerprint density at radius 3 is 2.67 bits per heavy atom. The Morgan fingerprint density at radius 2 is 1.95 bits per heavy atom. The van der Waals surface area contributed by atoms with Gasteiger partial charge in [-0.3, -0.25) is 4.90 Å². The number of hydrogen-bond acceptors (Lipinski definition) is 4. The van der Waals surface area contributed by atoms with Crippen LogP contribution in [0.3, 0.4) is 0 Å². The van der Waals surface area contributed by atoms with Gasteiger partial charge in [0.25, 0.3) is 0 Å². The molecule has 39 heavy (non-hydrogen) atoms. The number of H-pyrrole nitrogens is 1. The molecule has 0 bridgehead atoms. The molecule has 0 saturated heterocycles. The molecule has 1 N–H and O–H groups in total. The number of benzene rings is 2. The minimum Gasteiger partial charge on any atom is -0.466 e. The quantitative estimate of drug-likeness (QED) is 0.163. The van der Waals surface area contributed by atoms with Gasteiger partial charge in [0.2, 0.25) is 0 Å². The van der Waals surface area contributed by atoms with E-state index in [0.29, 0.717) is 12.6 Å². The highest BCUT2D eigenvalue weighted by Crippen LogP contribution is 2.38. The summed E-state index contributed by atoms with van der Waals surface area (Å²) in [4.78, 5) is 17.5. The summed E-state index contributed by atoms with van der Waals surface area (Å²) in [5.41, 5.74) is 6.94. The van der Waals surface area contributed by atoms with Crippen LogP contribution in [0.1, 0.15) is 61.2 Å². The van der Waals surface area contributed by atoms with Crippen LogP contribution in [0.2, 0.25) is 18.1 Å². The first-order chi connectivity index (χ1) is 18.4. The standard InChI is InChI=1S/C32H43FN2O3Si/c1-22-26(28-21-25(33)11-13-29(28)34-22)16-17-35(18-19-38-39(6,7)32(2,3)4)30-14-10-24-20-23(8-12-27(24)30)9-15-31(36)37-5/h8-9,11-13,15,20-21,30,34H,10,14,16-19H2,1-7H3/b15-9+. The second kappa shape index (κ2) is 11.8. The molecule has 1 heterocycles. The number of nitrogens with one attached hydrogen (secondary N) is 1. The molecule has 1 unspecified atom stereocenters. The van der Waals surface area contributed by atoms with Crippen molar-refractivity contribution >= 4 is 31.3 Å². The number of aromatic nitrogens is 1. The van der Waals surface area contributed by atoms with Crippen LogP contribution in [0.5, 0.6) is 0 Å². The summed E-state index contributed by atoms with van der Waals surface area (Å²) < 4.78 is 25.4. The fourth-order valence-electron chi connectivity index (χ4n) is 5.32. The third kappa shape index (κ3) is 6.71. The number of nitrogens with zero attached hydrogens (tertiary/aromatic N) is 1. The maximum absolute atomic E-state index is 14.1. The van der Waals surface area contributed by atoms with Gasteiger partial charge >= 0.3 is 5.97 Å². The molecule has 4 rings (SSSR count). The van der Waals surface area contributed by atoms with Gasteiger partial charge in [0.15, 0.2) is 8.32 Å². The van der Waals surface area contributed by atoms with Crippen molar-refractivity contribution in [3.63, 3.8) is 0 Å². The van der Waals surface area contributed by atoms with E-state index >= 15 is 0 Å². The van der Waals surface area contributed by atoms with Crippen LogP contribution in [-0.4, -0.2) is 51.0 Å². The molecule has 0 amide bonds. The summed E-state index contributed by atoms with van der Waals surface area (Å²) in [5, 5.41) is 1.13. The summed E-state index contributed by atoms with van der Waals surface area (Å²) >= 11 is 0. The number of rotatable bonds is 10. The number of carbonyl (C=O) groups is 1. The Labute approximate surface area is 233 Å². The summed E-state index contributed by atoms with van der Waals surface area (Å²) in [7, 11) is -0.472. The second-order valence-corrected chi connectivity index (χ2v) is 17.0. The van der Waals surface area contributed by atoms with Crippen molar-refractivity contribution < 1.29 is 18.3 Å². The van der Waals surface area contributed by atoms with E-state index in [9.17, 15) is 9.18 Å². The average Bonchev–Trinajstić information content (AvgIpc) is 3.43. The van der Waals surface area contributed by atoms with Gasteiger partial charge in [-0.05, 0) is 90.8 Å². The van der Waals surface area contributed by atoms with E-state index in [1.807, 2.05) is 12.1 Å². The monoisotopic (exact) mass is 550 g/mol. The molecule has 3 aromatic rings. The first kappa shape index (κ1) is 29.2. The molecule has 2 aromatic carbocycles. The fourth-order valence-corrected chi connectivity index (χ4v) is 6.36. The minimum atomic E-state index is -1.86. The van der Waals surface area contributed by atoms with Gasteiger partial charge in [-0.2, -0.15) is 0 Å². The number of fused-ring (bicyclic) bond motifs is 2. The zero-order chi connectivity index (χ0) is 28.4. The van der Waals surface area contributed by atoms with E-state index in [1.165, 1.54) is 35.9 Å². The molecule has 1 aromatic heterocycles. The van der Waals surface area contributed by atoms with Gasteiger partial charge < -0.3 is 14.1 Å². The van der Waals surface area contributed by atoms with Crippen molar-refractivity contribution in [3.8, 4) is 0 Å². The Balaban J connectivity index is 1.56. The molecular formula is C32H43FN2O3Si. The Bertz CT molecular complexity index is 1360. The first-order valence-electron chi connectivity index (χ1n) is 13.9. The summed E-state index contributed by atoms with van der Waals surface area (Å²) in [6, 6.07) is 11.7. The molecule has 1 atom stereocenters. The lowest BCUT2D eigenvalue weighted by Gasteiger charge is -2.37. The lowest BCUT2D eigenvalue weighted by molar-refractivity contribution is -0.134. The molecular weight excluding hydrogens is 507 g/mol. The lowest BCUT2D eigenvalue weighted by Crippen LogP contribution is -2.43. The SMILES string of the molecule is COC(=O)/C=C/c1ccc2c(c1)CCC2N(CCO[Si](C)(C)C(C)(C)C)CCc1c(C)[nH]c2ccc(F)cc12. The Hall–Kier alpha value is -2.74. The second-order valence-electron chi connectivity index (χ2n) is 12.2. The average molecular weight is 551 g/mol. The van der Waals surface area contributed by atoms with E-state index in [1.54, 1.807) is 6.07 Å². The highest BCUT2D eigenvalue weighted by molar-refractivity contribution is 6.74. The van der Waals surface area contributed by atoms with Crippen molar-refractivity contribution in [1.82, 2.24) is 9.88 Å². The number of halogens is 1. The van der Waals surface area contributed by atoms with Crippen LogP contribution in [0.4, 0.5) is 4.39 Å². The highest BCUT2D eigenvalue weighted by atomic mass is 28.4. The Kier molecular flexibility index (Phi) is 8.84. The molecule has 0 fully saturated rings. The van der Waals surface area contributed by atoms with E-state index in [-0.39, 0.29) is 16.8 Å². The van der Waals surface area contributed by atoms with Crippen LogP contribution in [-0.2, 0) is 26.8 Å². The van der Waals surface area contributed by atoms with Crippen molar-refractivity contribution in [3.05, 3.63) is 76.2 Å². The van der Waals surface area contributed by atoms with Gasteiger partial charge in [0.05, 0.1) is 7.11 Å². The van der Waals surface area contributed by atoms with Crippen LogP contribution < -0.4 is 0 Å². The number of aromatic amines is 1. The van der Waals surface area contributed by atoms with E-state index in [0.717, 1.165) is 54.5 Å². The highest BCUT2D eigenvalue weighted by Gasteiger charge is 2.37. The van der Waals surface area contributed by atoms with Crippen LogP contribution >= 0.6 is 0 Å². The molecule has 1 aliphatic carbocycles. The summed E-state index contributed by atoms with van der Waals surface area (Å²) in [6.07, 6.45) is 6.15. The van der Waals surface area contributed by atoms with Crippen LogP contribution in [0.15, 0.2) is 42.5 Å². The number of esters is 1. The molecule has 5 nitrogen and oxygen atoms in total. The van der Waals surface area contributed by atoms with Crippen LogP contribution in [0.25, 0.3) is 17.0 Å². The number of carbonyl (C=O) groups excluding carboxylic acids is 1. The van der Waals surface area contributed by atoms with Gasteiger partial charge in [-0.15, -0.1) is 0 Å². The number of ether oxygens (including phenoxy) is 1. The normalized spacial score (nSPS) is 16.0. The molecule has 0 spiro atoms. The third-order valence-corrected chi connectivity index (χ3v) is 13.2. The predicted molar refractivity (Wildman–Crippen MR) is 160 cm³/mol. The minimum absolute atomic E-state index is 0.164. The Morgan fingerprint density at radius 1 is 1.18 bits per heavy atom. The van der Waals surface area contributed by atoms with E-state index in [4.69, 9.17) is 9.16 Å². The number of aryl methyl sites for hydroxylation is 2. The molecule has 0 saturated carbocycles.